The molecule has 0 radical (unpaired) electrons. The average molecular weight is 403 g/mol. The molecule has 3 rings (SSSR count). The molecule has 1 N–H and O–H groups in total. The van der Waals surface area contributed by atoms with E-state index < -0.39 is 10.0 Å². The number of aryl methyl sites for hydroxylation is 2. The second-order valence-corrected chi connectivity index (χ2v) is 9.00. The Morgan fingerprint density at radius 3 is 2.79 bits per heavy atom. The molecule has 0 aromatic heterocycles. The highest BCUT2D eigenvalue weighted by Crippen LogP contribution is 2.32. The lowest BCUT2D eigenvalue weighted by Crippen LogP contribution is -2.37. The fourth-order valence-corrected chi connectivity index (χ4v) is 4.94. The second-order valence-electron chi connectivity index (χ2n) is 6.99. The molecule has 0 saturated heterocycles. The van der Waals surface area contributed by atoms with Gasteiger partial charge in [-0.2, -0.15) is 0 Å². The van der Waals surface area contributed by atoms with Gasteiger partial charge >= 0.3 is 0 Å². The van der Waals surface area contributed by atoms with Crippen LogP contribution in [0.15, 0.2) is 42.5 Å². The zero-order valence-corrected chi connectivity index (χ0v) is 17.1. The number of hydrogen-bond donors (Lipinski definition) is 1. The molecule has 2 aromatic carbocycles. The van der Waals surface area contributed by atoms with Crippen molar-refractivity contribution in [3.8, 4) is 5.75 Å². The number of anilines is 2. The first-order chi connectivity index (χ1) is 13.4. The summed E-state index contributed by atoms with van der Waals surface area (Å²) in [5, 5.41) is 2.80. The van der Waals surface area contributed by atoms with E-state index in [1.54, 1.807) is 18.2 Å². The van der Waals surface area contributed by atoms with Crippen LogP contribution in [0.4, 0.5) is 11.4 Å². The largest absolute Gasteiger partial charge is 0.484 e. The number of rotatable bonds is 7. The van der Waals surface area contributed by atoms with Crippen LogP contribution in [0.25, 0.3) is 0 Å². The third kappa shape index (κ3) is 4.84. The van der Waals surface area contributed by atoms with Crippen molar-refractivity contribution in [2.45, 2.75) is 33.1 Å². The van der Waals surface area contributed by atoms with Crippen LogP contribution in [-0.2, 0) is 21.2 Å². The normalized spacial score (nSPS) is 13.7. The number of benzene rings is 2. The van der Waals surface area contributed by atoms with Crippen LogP contribution in [0.3, 0.4) is 0 Å². The Hall–Kier alpha value is -2.54. The Balaban J connectivity index is 1.71. The summed E-state index contributed by atoms with van der Waals surface area (Å²) in [6.07, 6.45) is 2.20. The number of sulfonamides is 1. The molecule has 1 aliphatic heterocycles. The predicted octanol–water partition coefficient (Wildman–Crippen LogP) is 3.50. The molecule has 0 fully saturated rings. The van der Waals surface area contributed by atoms with Crippen LogP contribution in [0.5, 0.6) is 5.75 Å². The molecule has 6 nitrogen and oxygen atoms in total. The fraction of sp³-hybridized carbons (Fsp3) is 0.381. The molecule has 28 heavy (non-hydrogen) atoms. The van der Waals surface area contributed by atoms with Gasteiger partial charge in [-0.3, -0.25) is 9.10 Å². The molecule has 150 valence electrons. The van der Waals surface area contributed by atoms with Gasteiger partial charge in [0.2, 0.25) is 10.0 Å². The molecule has 0 spiro atoms. The van der Waals surface area contributed by atoms with Crippen molar-refractivity contribution in [1.29, 1.82) is 0 Å². The number of hydrogen-bond acceptors (Lipinski definition) is 4. The standard InChI is InChI=1S/C21H26N2O4S/c1-3-12-28(25,26)23-11-5-7-17-9-10-18(14-20(17)23)22-21(24)15-27-19-8-4-6-16(2)13-19/h4,6,8-10,13-14H,3,5,7,11-12,15H2,1-2H3,(H,22,24). The molecule has 1 aliphatic rings. The van der Waals surface area contributed by atoms with Gasteiger partial charge in [-0.25, -0.2) is 8.42 Å². The van der Waals surface area contributed by atoms with E-state index in [2.05, 4.69) is 5.32 Å². The van der Waals surface area contributed by atoms with Crippen LogP contribution in [0, 0.1) is 6.92 Å². The number of ether oxygens (including phenoxy) is 1. The minimum Gasteiger partial charge on any atom is -0.484 e. The maximum absolute atomic E-state index is 12.6. The van der Waals surface area contributed by atoms with Crippen molar-refractivity contribution < 1.29 is 17.9 Å². The molecule has 2 aromatic rings. The molecule has 0 saturated carbocycles. The van der Waals surface area contributed by atoms with Gasteiger partial charge < -0.3 is 10.1 Å². The van der Waals surface area contributed by atoms with Crippen molar-refractivity contribution >= 4 is 27.3 Å². The maximum Gasteiger partial charge on any atom is 0.262 e. The van der Waals surface area contributed by atoms with Crippen molar-refractivity contribution in [2.24, 2.45) is 0 Å². The lowest BCUT2D eigenvalue weighted by Gasteiger charge is -2.31. The molecule has 0 aliphatic carbocycles. The number of carbonyl (C=O) groups is 1. The smallest absolute Gasteiger partial charge is 0.262 e. The van der Waals surface area contributed by atoms with Gasteiger partial charge in [0.25, 0.3) is 5.91 Å². The molecule has 1 heterocycles. The van der Waals surface area contributed by atoms with Crippen molar-refractivity contribution in [1.82, 2.24) is 0 Å². The van der Waals surface area contributed by atoms with E-state index in [4.69, 9.17) is 4.74 Å². The first kappa shape index (κ1) is 20.2. The Morgan fingerprint density at radius 2 is 2.04 bits per heavy atom. The van der Waals surface area contributed by atoms with E-state index in [9.17, 15) is 13.2 Å². The van der Waals surface area contributed by atoms with Gasteiger partial charge in [-0.15, -0.1) is 0 Å². The van der Waals surface area contributed by atoms with E-state index in [1.165, 1.54) is 4.31 Å². The summed E-state index contributed by atoms with van der Waals surface area (Å²) in [6.45, 7) is 4.17. The quantitative estimate of drug-likeness (QED) is 0.769. The van der Waals surface area contributed by atoms with Gasteiger partial charge in [0.05, 0.1) is 11.4 Å². The summed E-state index contributed by atoms with van der Waals surface area (Å²) >= 11 is 0. The monoisotopic (exact) mass is 402 g/mol. The Kier molecular flexibility index (Phi) is 6.24. The predicted molar refractivity (Wildman–Crippen MR) is 111 cm³/mol. The third-order valence-electron chi connectivity index (χ3n) is 4.60. The Morgan fingerprint density at radius 1 is 1.21 bits per heavy atom. The van der Waals surface area contributed by atoms with Crippen molar-refractivity contribution in [3.05, 3.63) is 53.6 Å². The maximum atomic E-state index is 12.6. The number of nitrogens with one attached hydrogen (secondary N) is 1. The van der Waals surface area contributed by atoms with E-state index in [0.29, 0.717) is 30.1 Å². The molecule has 0 unspecified atom stereocenters. The minimum atomic E-state index is -3.35. The highest BCUT2D eigenvalue weighted by Gasteiger charge is 2.27. The highest BCUT2D eigenvalue weighted by molar-refractivity contribution is 7.92. The minimum absolute atomic E-state index is 0.113. The number of carbonyl (C=O) groups excluding carboxylic acids is 1. The highest BCUT2D eigenvalue weighted by atomic mass is 32.2. The SMILES string of the molecule is CCCS(=O)(=O)N1CCCc2ccc(NC(=O)COc3cccc(C)c3)cc21. The van der Waals surface area contributed by atoms with Crippen LogP contribution in [-0.4, -0.2) is 33.2 Å². The first-order valence-electron chi connectivity index (χ1n) is 9.51. The van der Waals surface area contributed by atoms with Gasteiger partial charge in [0, 0.05) is 12.2 Å². The third-order valence-corrected chi connectivity index (χ3v) is 6.58. The van der Waals surface area contributed by atoms with Crippen LogP contribution in [0.1, 0.15) is 30.9 Å². The molecule has 0 bridgehead atoms. The zero-order valence-electron chi connectivity index (χ0n) is 16.3. The Bertz CT molecular complexity index is 957. The fourth-order valence-electron chi connectivity index (χ4n) is 3.33. The van der Waals surface area contributed by atoms with E-state index in [0.717, 1.165) is 24.0 Å². The summed E-state index contributed by atoms with van der Waals surface area (Å²) in [5.74, 6) is 0.463. The van der Waals surface area contributed by atoms with Gasteiger partial charge in [-0.05, 0) is 61.6 Å². The van der Waals surface area contributed by atoms with E-state index in [-0.39, 0.29) is 18.3 Å². The topological polar surface area (TPSA) is 75.7 Å². The average Bonchev–Trinajstić information content (AvgIpc) is 2.66. The summed E-state index contributed by atoms with van der Waals surface area (Å²) in [5.41, 5.74) is 3.27. The summed E-state index contributed by atoms with van der Waals surface area (Å²) in [6, 6.07) is 12.9. The van der Waals surface area contributed by atoms with Crippen molar-refractivity contribution in [3.63, 3.8) is 0 Å². The van der Waals surface area contributed by atoms with Crippen LogP contribution in [0.2, 0.25) is 0 Å². The molecular weight excluding hydrogens is 376 g/mol. The molecule has 7 heteroatoms. The summed E-state index contributed by atoms with van der Waals surface area (Å²) in [4.78, 5) is 12.3. The number of nitrogens with zero attached hydrogens (tertiary/aromatic N) is 1. The molecule has 0 atom stereocenters. The second kappa shape index (κ2) is 8.65. The number of amides is 1. The van der Waals surface area contributed by atoms with E-state index in [1.807, 2.05) is 38.1 Å². The number of fused-ring (bicyclic) bond motifs is 1. The lowest BCUT2D eigenvalue weighted by molar-refractivity contribution is -0.118. The van der Waals surface area contributed by atoms with E-state index >= 15 is 0 Å². The summed E-state index contributed by atoms with van der Waals surface area (Å²) in [7, 11) is -3.35. The van der Waals surface area contributed by atoms with Gasteiger partial charge in [0.15, 0.2) is 6.61 Å². The summed E-state index contributed by atoms with van der Waals surface area (Å²) < 4.78 is 32.2. The van der Waals surface area contributed by atoms with Crippen LogP contribution >= 0.6 is 0 Å². The lowest BCUT2D eigenvalue weighted by atomic mass is 10.0. The molecule has 1 amide bonds. The zero-order chi connectivity index (χ0) is 20.1. The van der Waals surface area contributed by atoms with Crippen LogP contribution < -0.4 is 14.4 Å². The Labute approximate surface area is 166 Å². The first-order valence-corrected chi connectivity index (χ1v) is 11.1. The van der Waals surface area contributed by atoms with Crippen molar-refractivity contribution in [2.75, 3.05) is 28.5 Å². The van der Waals surface area contributed by atoms with Gasteiger partial charge in [0.1, 0.15) is 5.75 Å². The molecular formula is C21H26N2O4S. The van der Waals surface area contributed by atoms with Gasteiger partial charge in [-0.1, -0.05) is 25.1 Å².